The third kappa shape index (κ3) is 7.13. The van der Waals surface area contributed by atoms with Gasteiger partial charge in [0.05, 0.1) is 0 Å². The van der Waals surface area contributed by atoms with Crippen molar-refractivity contribution in [2.24, 2.45) is 5.73 Å². The van der Waals surface area contributed by atoms with Gasteiger partial charge in [0.25, 0.3) is 0 Å². The van der Waals surface area contributed by atoms with Gasteiger partial charge in [0.15, 0.2) is 11.6 Å². The number of halogens is 1. The van der Waals surface area contributed by atoms with E-state index in [-0.39, 0.29) is 5.75 Å². The molecule has 0 fully saturated rings. The molecule has 0 aliphatic rings. The summed E-state index contributed by atoms with van der Waals surface area (Å²) in [6.07, 6.45) is 1.61. The number of nitrogen functional groups attached to an aromatic ring is 1. The molecule has 0 spiro atoms. The van der Waals surface area contributed by atoms with E-state index in [2.05, 4.69) is 10.3 Å². The van der Waals surface area contributed by atoms with Gasteiger partial charge in [0, 0.05) is 37.1 Å². The Kier molecular flexibility index (Phi) is 7.97. The van der Waals surface area contributed by atoms with E-state index >= 15 is 0 Å². The molecule has 3 aromatic carbocycles. The minimum absolute atomic E-state index is 0.124. The van der Waals surface area contributed by atoms with E-state index in [0.29, 0.717) is 30.3 Å². The van der Waals surface area contributed by atoms with E-state index in [0.717, 1.165) is 5.56 Å². The summed E-state index contributed by atoms with van der Waals surface area (Å²) >= 11 is 0. The average molecular weight is 417 g/mol. The highest BCUT2D eigenvalue weighted by Gasteiger charge is 2.06. The van der Waals surface area contributed by atoms with E-state index in [4.69, 9.17) is 16.2 Å². The maximum absolute atomic E-state index is 13.8. The summed E-state index contributed by atoms with van der Waals surface area (Å²) in [6.45, 7) is 1.29. The first-order valence-electron chi connectivity index (χ1n) is 9.85. The van der Waals surface area contributed by atoms with Crippen molar-refractivity contribution in [3.05, 3.63) is 114 Å². The number of nitrogens with two attached hydrogens (primary N) is 2. The largest absolute Gasteiger partial charge is 0.454 e. The second-order valence-electron chi connectivity index (χ2n) is 6.70. The molecule has 1 heterocycles. The molecule has 0 radical (unpaired) electrons. The number of anilines is 2. The molecule has 0 saturated carbocycles. The zero-order chi connectivity index (χ0) is 21.9. The summed E-state index contributed by atoms with van der Waals surface area (Å²) in [6, 6.07) is 27.7. The minimum atomic E-state index is -0.499. The highest BCUT2D eigenvalue weighted by molar-refractivity contribution is 5.46. The van der Waals surface area contributed by atoms with E-state index in [9.17, 15) is 4.39 Å². The SMILES string of the molecule is NCc1ccccc1.Nc1ccc(Oc2ccnc(NCc3ccccc3)c2)c(F)c1. The van der Waals surface area contributed by atoms with Crippen LogP contribution in [0.15, 0.2) is 97.2 Å². The Morgan fingerprint density at radius 1 is 0.839 bits per heavy atom. The van der Waals surface area contributed by atoms with Crippen molar-refractivity contribution in [1.82, 2.24) is 4.98 Å². The number of ether oxygens (including phenoxy) is 1. The lowest BCUT2D eigenvalue weighted by atomic mass is 10.2. The maximum Gasteiger partial charge on any atom is 0.167 e. The summed E-state index contributed by atoms with van der Waals surface area (Å²) < 4.78 is 19.3. The standard InChI is InChI=1S/C18H16FN3O.C7H9N/c19-16-10-14(20)6-7-17(16)23-15-8-9-21-18(11-15)22-12-13-4-2-1-3-5-13;8-6-7-4-2-1-3-5-7/h1-11H,12,20H2,(H,21,22);1-5H,6,8H2. The van der Waals surface area contributed by atoms with Crippen molar-refractivity contribution < 1.29 is 9.13 Å². The van der Waals surface area contributed by atoms with Crippen molar-refractivity contribution in [3.63, 3.8) is 0 Å². The van der Waals surface area contributed by atoms with Gasteiger partial charge in [-0.25, -0.2) is 9.37 Å². The number of pyridine rings is 1. The fourth-order valence-electron chi connectivity index (χ4n) is 2.70. The molecule has 5 nitrogen and oxygen atoms in total. The van der Waals surface area contributed by atoms with Crippen LogP contribution in [-0.2, 0) is 13.1 Å². The van der Waals surface area contributed by atoms with Crippen LogP contribution in [0.25, 0.3) is 0 Å². The number of benzene rings is 3. The number of nitrogens with one attached hydrogen (secondary N) is 1. The molecule has 6 heteroatoms. The topological polar surface area (TPSA) is 86.2 Å². The fourth-order valence-corrected chi connectivity index (χ4v) is 2.70. The Bertz CT molecular complexity index is 1080. The van der Waals surface area contributed by atoms with Gasteiger partial charge in [-0.1, -0.05) is 60.7 Å². The highest BCUT2D eigenvalue weighted by Crippen LogP contribution is 2.26. The molecule has 0 amide bonds. The monoisotopic (exact) mass is 416 g/mol. The molecule has 1 aromatic heterocycles. The first-order chi connectivity index (χ1) is 15.1. The number of nitrogens with zero attached hydrogens (tertiary/aromatic N) is 1. The van der Waals surface area contributed by atoms with Crippen LogP contribution in [0.2, 0.25) is 0 Å². The van der Waals surface area contributed by atoms with Crippen molar-refractivity contribution in [2.75, 3.05) is 11.1 Å². The lowest BCUT2D eigenvalue weighted by molar-refractivity contribution is 0.442. The van der Waals surface area contributed by atoms with Crippen molar-refractivity contribution >= 4 is 11.5 Å². The zero-order valence-electron chi connectivity index (χ0n) is 17.0. The van der Waals surface area contributed by atoms with Gasteiger partial charge in [-0.2, -0.15) is 0 Å². The molecule has 0 atom stereocenters. The summed E-state index contributed by atoms with van der Waals surface area (Å²) in [7, 11) is 0. The Hall–Kier alpha value is -3.90. The van der Waals surface area contributed by atoms with E-state index in [1.807, 2.05) is 60.7 Å². The lowest BCUT2D eigenvalue weighted by Gasteiger charge is -2.10. The van der Waals surface area contributed by atoms with E-state index in [1.54, 1.807) is 24.4 Å². The number of hydrogen-bond acceptors (Lipinski definition) is 5. The summed E-state index contributed by atoms with van der Waals surface area (Å²) in [5, 5.41) is 3.21. The molecule has 4 aromatic rings. The first kappa shape index (κ1) is 21.8. The first-order valence-corrected chi connectivity index (χ1v) is 9.85. The van der Waals surface area contributed by atoms with Gasteiger partial charge in [-0.3, -0.25) is 0 Å². The zero-order valence-corrected chi connectivity index (χ0v) is 17.0. The van der Waals surface area contributed by atoms with Crippen LogP contribution >= 0.6 is 0 Å². The second kappa shape index (κ2) is 11.3. The van der Waals surface area contributed by atoms with Gasteiger partial charge >= 0.3 is 0 Å². The molecule has 4 rings (SSSR count). The molecule has 0 saturated heterocycles. The lowest BCUT2D eigenvalue weighted by Crippen LogP contribution is -2.01. The van der Waals surface area contributed by atoms with Gasteiger partial charge in [0.1, 0.15) is 11.6 Å². The van der Waals surface area contributed by atoms with Crippen LogP contribution < -0.4 is 21.5 Å². The molecular weight excluding hydrogens is 391 g/mol. The number of hydrogen-bond donors (Lipinski definition) is 3. The Morgan fingerprint density at radius 3 is 2.13 bits per heavy atom. The normalized spacial score (nSPS) is 10.0. The second-order valence-corrected chi connectivity index (χ2v) is 6.70. The van der Waals surface area contributed by atoms with Crippen LogP contribution in [0.3, 0.4) is 0 Å². The van der Waals surface area contributed by atoms with E-state index < -0.39 is 5.82 Å². The molecule has 0 aliphatic heterocycles. The van der Waals surface area contributed by atoms with Crippen LogP contribution in [0.5, 0.6) is 11.5 Å². The van der Waals surface area contributed by atoms with E-state index in [1.165, 1.54) is 17.7 Å². The summed E-state index contributed by atoms with van der Waals surface area (Å²) in [5.41, 5.74) is 13.6. The Balaban J connectivity index is 0.000000287. The molecule has 5 N–H and O–H groups in total. The summed E-state index contributed by atoms with van der Waals surface area (Å²) in [5.74, 6) is 0.779. The smallest absolute Gasteiger partial charge is 0.167 e. The number of aromatic nitrogens is 1. The molecule has 31 heavy (non-hydrogen) atoms. The van der Waals surface area contributed by atoms with Crippen LogP contribution in [0.4, 0.5) is 15.9 Å². The predicted molar refractivity (Wildman–Crippen MR) is 123 cm³/mol. The van der Waals surface area contributed by atoms with Gasteiger partial charge in [-0.05, 0) is 29.3 Å². The maximum atomic E-state index is 13.8. The highest BCUT2D eigenvalue weighted by atomic mass is 19.1. The minimum Gasteiger partial charge on any atom is -0.454 e. The van der Waals surface area contributed by atoms with Gasteiger partial charge in [-0.15, -0.1) is 0 Å². The van der Waals surface area contributed by atoms with Crippen molar-refractivity contribution in [2.45, 2.75) is 13.1 Å². The molecule has 158 valence electrons. The Morgan fingerprint density at radius 2 is 1.52 bits per heavy atom. The average Bonchev–Trinajstić information content (AvgIpc) is 2.81. The van der Waals surface area contributed by atoms with Crippen LogP contribution in [-0.4, -0.2) is 4.98 Å². The number of rotatable bonds is 6. The predicted octanol–water partition coefficient (Wildman–Crippen LogP) is 5.35. The molecule has 0 unspecified atom stereocenters. The fraction of sp³-hybridized carbons (Fsp3) is 0.0800. The molecule has 0 aliphatic carbocycles. The van der Waals surface area contributed by atoms with Crippen molar-refractivity contribution in [1.29, 1.82) is 0 Å². The van der Waals surface area contributed by atoms with Gasteiger partial charge < -0.3 is 21.5 Å². The summed E-state index contributed by atoms with van der Waals surface area (Å²) in [4.78, 5) is 4.23. The molecular formula is C25H25FN4O. The van der Waals surface area contributed by atoms with Crippen LogP contribution in [0.1, 0.15) is 11.1 Å². The van der Waals surface area contributed by atoms with Gasteiger partial charge in [0.2, 0.25) is 0 Å². The third-order valence-corrected chi connectivity index (χ3v) is 4.31. The van der Waals surface area contributed by atoms with Crippen LogP contribution in [0, 0.1) is 5.82 Å². The van der Waals surface area contributed by atoms with Crippen molar-refractivity contribution in [3.8, 4) is 11.5 Å². The Labute approximate surface area is 181 Å². The molecule has 0 bridgehead atoms. The quantitative estimate of drug-likeness (QED) is 0.369. The third-order valence-electron chi connectivity index (χ3n) is 4.31.